The number of hydrogen-bond acceptors (Lipinski definition) is 3. The van der Waals surface area contributed by atoms with Crippen LogP contribution in [0.25, 0.3) is 0 Å². The van der Waals surface area contributed by atoms with Gasteiger partial charge in [-0.15, -0.1) is 0 Å². The molecule has 2 amide bonds. The first-order valence-electron chi connectivity index (χ1n) is 6.23. The molecule has 17 heavy (non-hydrogen) atoms. The van der Waals surface area contributed by atoms with E-state index in [4.69, 9.17) is 0 Å². The summed E-state index contributed by atoms with van der Waals surface area (Å²) in [6.45, 7) is 9.17. The van der Waals surface area contributed by atoms with Crippen molar-refractivity contribution in [2.24, 2.45) is 0 Å². The van der Waals surface area contributed by atoms with Crippen LogP contribution in [0.1, 0.15) is 27.2 Å². The fraction of sp³-hybridized carbons (Fsp3) is 0.917. The molecule has 0 radical (unpaired) electrons. The highest BCUT2D eigenvalue weighted by Gasteiger charge is 2.15. The average molecular weight is 276 g/mol. The number of nitrogens with zero attached hydrogens (tertiary/aromatic N) is 1. The molecular formula is C12H24N2OS2. The van der Waals surface area contributed by atoms with E-state index >= 15 is 0 Å². The van der Waals surface area contributed by atoms with Gasteiger partial charge >= 0.3 is 6.03 Å². The minimum Gasteiger partial charge on any atom is -0.337 e. The van der Waals surface area contributed by atoms with Crippen molar-refractivity contribution in [3.63, 3.8) is 0 Å². The fourth-order valence-corrected chi connectivity index (χ4v) is 3.28. The van der Waals surface area contributed by atoms with Crippen LogP contribution in [0.3, 0.4) is 0 Å². The summed E-state index contributed by atoms with van der Waals surface area (Å²) < 4.78 is 0.282. The Morgan fingerprint density at radius 2 is 2.12 bits per heavy atom. The predicted octanol–water partition coefficient (Wildman–Crippen LogP) is 2.67. The second-order valence-corrected chi connectivity index (χ2v) is 8.29. The monoisotopic (exact) mass is 276 g/mol. The molecule has 1 aliphatic heterocycles. The van der Waals surface area contributed by atoms with Gasteiger partial charge in [0.15, 0.2) is 0 Å². The van der Waals surface area contributed by atoms with Gasteiger partial charge in [-0.3, -0.25) is 0 Å². The zero-order valence-electron chi connectivity index (χ0n) is 11.1. The van der Waals surface area contributed by atoms with E-state index in [-0.39, 0.29) is 10.8 Å². The Balaban J connectivity index is 2.15. The summed E-state index contributed by atoms with van der Waals surface area (Å²) in [5, 5.41) is 3.01. The third-order valence-electron chi connectivity index (χ3n) is 2.42. The molecule has 1 aliphatic rings. The third-order valence-corrected chi connectivity index (χ3v) is 4.75. The minimum atomic E-state index is 0.113. The highest BCUT2D eigenvalue weighted by molar-refractivity contribution is 8.00. The minimum absolute atomic E-state index is 0.113. The topological polar surface area (TPSA) is 32.3 Å². The van der Waals surface area contributed by atoms with Crippen LogP contribution < -0.4 is 5.32 Å². The second-order valence-electron chi connectivity index (χ2n) is 5.15. The van der Waals surface area contributed by atoms with Crippen LogP contribution in [0.15, 0.2) is 0 Å². The molecule has 1 rings (SSSR count). The number of rotatable bonds is 3. The van der Waals surface area contributed by atoms with E-state index in [1.165, 1.54) is 5.75 Å². The molecule has 3 nitrogen and oxygen atoms in total. The normalized spacial score (nSPS) is 17.7. The van der Waals surface area contributed by atoms with Crippen LogP contribution in [-0.4, -0.2) is 52.6 Å². The lowest BCUT2D eigenvalue weighted by Crippen LogP contribution is -2.42. The molecular weight excluding hydrogens is 252 g/mol. The molecule has 100 valence electrons. The summed E-state index contributed by atoms with van der Waals surface area (Å²) in [4.78, 5) is 13.8. The molecule has 0 aliphatic carbocycles. The number of amides is 2. The maximum atomic E-state index is 11.9. The van der Waals surface area contributed by atoms with E-state index in [0.717, 1.165) is 37.6 Å². The van der Waals surface area contributed by atoms with Gasteiger partial charge in [-0.05, 0) is 12.2 Å². The summed E-state index contributed by atoms with van der Waals surface area (Å²) in [6, 6.07) is 0.113. The maximum Gasteiger partial charge on any atom is 0.317 e. The lowest BCUT2D eigenvalue weighted by molar-refractivity contribution is 0.202. The molecule has 0 spiro atoms. The van der Waals surface area contributed by atoms with Crippen molar-refractivity contribution >= 4 is 29.6 Å². The Kier molecular flexibility index (Phi) is 6.55. The Hall–Kier alpha value is -0.0300. The molecule has 1 N–H and O–H groups in total. The van der Waals surface area contributed by atoms with Crippen LogP contribution in [0.2, 0.25) is 0 Å². The predicted molar refractivity (Wildman–Crippen MR) is 79.1 cm³/mol. The van der Waals surface area contributed by atoms with E-state index in [1.807, 2.05) is 28.4 Å². The molecule has 0 saturated carbocycles. The van der Waals surface area contributed by atoms with Gasteiger partial charge in [0, 0.05) is 35.9 Å². The van der Waals surface area contributed by atoms with Crippen LogP contribution in [0, 0.1) is 0 Å². The maximum absolute atomic E-state index is 11.9. The summed E-state index contributed by atoms with van der Waals surface area (Å²) in [5.41, 5.74) is 0. The standard InChI is InChI=1S/C12H24N2OS2/c1-12(2,3)17-9-5-13-11(15)14-6-4-8-16-10-7-14/h4-10H2,1-3H3,(H,13,15). The second kappa shape index (κ2) is 7.41. The van der Waals surface area contributed by atoms with E-state index in [9.17, 15) is 4.79 Å². The molecule has 0 unspecified atom stereocenters. The summed E-state index contributed by atoms with van der Waals surface area (Å²) in [6.07, 6.45) is 1.12. The highest BCUT2D eigenvalue weighted by Crippen LogP contribution is 2.22. The zero-order chi connectivity index (χ0) is 12.7. The largest absolute Gasteiger partial charge is 0.337 e. The van der Waals surface area contributed by atoms with E-state index in [2.05, 4.69) is 26.1 Å². The third kappa shape index (κ3) is 7.09. The molecule has 1 heterocycles. The first-order chi connectivity index (χ1) is 7.99. The van der Waals surface area contributed by atoms with Crippen molar-refractivity contribution < 1.29 is 4.79 Å². The first kappa shape index (κ1) is 15.0. The molecule has 5 heteroatoms. The summed E-state index contributed by atoms with van der Waals surface area (Å²) in [7, 11) is 0. The number of urea groups is 1. The van der Waals surface area contributed by atoms with Gasteiger partial charge in [-0.1, -0.05) is 20.8 Å². The summed E-state index contributed by atoms with van der Waals surface area (Å²) >= 11 is 3.83. The van der Waals surface area contributed by atoms with Crippen molar-refractivity contribution in [2.45, 2.75) is 31.9 Å². The Bertz CT molecular complexity index is 233. The van der Waals surface area contributed by atoms with Crippen LogP contribution >= 0.6 is 23.5 Å². The van der Waals surface area contributed by atoms with Crippen molar-refractivity contribution in [3.8, 4) is 0 Å². The van der Waals surface area contributed by atoms with Crippen molar-refractivity contribution in [2.75, 3.05) is 36.9 Å². The Labute approximate surface area is 113 Å². The van der Waals surface area contributed by atoms with Gasteiger partial charge in [0.1, 0.15) is 0 Å². The van der Waals surface area contributed by atoms with Gasteiger partial charge in [0.25, 0.3) is 0 Å². The molecule has 0 aromatic heterocycles. The van der Waals surface area contributed by atoms with Crippen molar-refractivity contribution in [1.82, 2.24) is 10.2 Å². The van der Waals surface area contributed by atoms with Crippen LogP contribution in [-0.2, 0) is 0 Å². The quantitative estimate of drug-likeness (QED) is 0.804. The van der Waals surface area contributed by atoms with Gasteiger partial charge in [0.2, 0.25) is 0 Å². The number of thioether (sulfide) groups is 2. The Morgan fingerprint density at radius 3 is 2.82 bits per heavy atom. The number of carbonyl (C=O) groups excluding carboxylic acids is 1. The number of nitrogens with one attached hydrogen (secondary N) is 1. The highest BCUT2D eigenvalue weighted by atomic mass is 32.2. The number of carbonyl (C=O) groups is 1. The zero-order valence-corrected chi connectivity index (χ0v) is 12.8. The average Bonchev–Trinajstić information content (AvgIpc) is 2.51. The van der Waals surface area contributed by atoms with Crippen LogP contribution in [0.5, 0.6) is 0 Å². The number of hydrogen-bond donors (Lipinski definition) is 1. The lowest BCUT2D eigenvalue weighted by atomic mass is 10.3. The molecule has 1 saturated heterocycles. The smallest absolute Gasteiger partial charge is 0.317 e. The van der Waals surface area contributed by atoms with Gasteiger partial charge < -0.3 is 10.2 Å². The van der Waals surface area contributed by atoms with Gasteiger partial charge in [-0.25, -0.2) is 4.79 Å². The Morgan fingerprint density at radius 1 is 1.35 bits per heavy atom. The van der Waals surface area contributed by atoms with Crippen LogP contribution in [0.4, 0.5) is 4.79 Å². The first-order valence-corrected chi connectivity index (χ1v) is 8.37. The lowest BCUT2D eigenvalue weighted by Gasteiger charge is -2.21. The van der Waals surface area contributed by atoms with E-state index in [1.54, 1.807) is 0 Å². The summed E-state index contributed by atoms with van der Waals surface area (Å²) in [5.74, 6) is 3.24. The molecule has 0 aromatic rings. The van der Waals surface area contributed by atoms with Crippen molar-refractivity contribution in [1.29, 1.82) is 0 Å². The molecule has 0 atom stereocenters. The van der Waals surface area contributed by atoms with E-state index < -0.39 is 0 Å². The molecule has 0 bridgehead atoms. The SMILES string of the molecule is CC(C)(C)SCCNC(=O)N1CCCSCC1. The fourth-order valence-electron chi connectivity index (χ4n) is 1.58. The molecule has 1 fully saturated rings. The molecule has 0 aromatic carbocycles. The van der Waals surface area contributed by atoms with E-state index in [0.29, 0.717) is 0 Å². The van der Waals surface area contributed by atoms with Crippen molar-refractivity contribution in [3.05, 3.63) is 0 Å². The van der Waals surface area contributed by atoms with Gasteiger partial charge in [-0.2, -0.15) is 23.5 Å². The van der Waals surface area contributed by atoms with Gasteiger partial charge in [0.05, 0.1) is 0 Å².